The minimum atomic E-state index is -0.523. The van der Waals surface area contributed by atoms with Crippen molar-refractivity contribution >= 4 is 18.5 Å². The van der Waals surface area contributed by atoms with E-state index < -0.39 is 11.2 Å². The largest absolute Gasteiger partial charge is 0.444 e. The van der Waals surface area contributed by atoms with Crippen LogP contribution < -0.4 is 10.6 Å². The van der Waals surface area contributed by atoms with Gasteiger partial charge in [0, 0.05) is 155 Å². The second kappa shape index (κ2) is 28.0. The Balaban J connectivity index is 0.000000146. The molecule has 87 heavy (non-hydrogen) atoms. The van der Waals surface area contributed by atoms with Gasteiger partial charge in [-0.2, -0.15) is 0 Å². The third-order valence-electron chi connectivity index (χ3n) is 20.8. The van der Waals surface area contributed by atoms with Crippen LogP contribution in [0.1, 0.15) is 175 Å². The van der Waals surface area contributed by atoms with Crippen LogP contribution in [0.5, 0.6) is 0 Å². The number of rotatable bonds is 17. The molecule has 3 heterocycles. The number of carbonyl (C=O) groups is 3. The predicted octanol–water partition coefficient (Wildman–Crippen LogP) is 11.6. The highest BCUT2D eigenvalue weighted by Gasteiger charge is 2.55. The molecule has 9 aliphatic rings. The molecule has 0 bridgehead atoms. The molecule has 0 spiro atoms. The Hall–Kier alpha value is -4.41. The molecule has 2 amide bonds. The zero-order valence-electron chi connectivity index (χ0n) is 56.5. The molecule has 0 radical (unpaired) electrons. The van der Waals surface area contributed by atoms with Crippen LogP contribution in [0.4, 0.5) is 9.59 Å². The lowest BCUT2D eigenvalue weighted by Crippen LogP contribution is -2.56. The highest BCUT2D eigenvalue weighted by Crippen LogP contribution is 2.53. The lowest BCUT2D eigenvalue weighted by Gasteiger charge is -2.44. The van der Waals surface area contributed by atoms with Gasteiger partial charge in [0.15, 0.2) is 0 Å². The maximum atomic E-state index is 13.3. The van der Waals surface area contributed by atoms with Crippen molar-refractivity contribution in [3.8, 4) is 0 Å². The van der Waals surface area contributed by atoms with E-state index in [2.05, 4.69) is 176 Å². The van der Waals surface area contributed by atoms with Gasteiger partial charge in [-0.15, -0.1) is 0 Å². The molecular formula is C73H115N9O5. The average molecular weight is 1200 g/mol. The van der Waals surface area contributed by atoms with E-state index in [9.17, 15) is 14.4 Å². The summed E-state index contributed by atoms with van der Waals surface area (Å²) in [5, 5.41) is 7.32. The smallest absolute Gasteiger partial charge is 0.410 e. The topological polar surface area (TPSA) is 116 Å². The normalized spacial score (nSPS) is 31.3. The molecule has 0 aromatic heterocycles. The molecule has 3 saturated heterocycles. The summed E-state index contributed by atoms with van der Waals surface area (Å²) in [6.07, 6.45) is 10.9. The van der Waals surface area contributed by atoms with Crippen molar-refractivity contribution in [1.29, 1.82) is 0 Å². The van der Waals surface area contributed by atoms with Crippen LogP contribution in [-0.2, 0) is 14.3 Å². The number of hydrogen-bond donors (Lipinski definition) is 2. The maximum Gasteiger partial charge on any atom is 0.410 e. The Labute approximate surface area is 526 Å². The fraction of sp³-hybridized carbons (Fsp3) is 0.712. The fourth-order valence-corrected chi connectivity index (χ4v) is 13.8. The van der Waals surface area contributed by atoms with E-state index in [0.717, 1.165) is 70.6 Å². The van der Waals surface area contributed by atoms with Crippen LogP contribution in [0.25, 0.3) is 0 Å². The van der Waals surface area contributed by atoms with Crippen molar-refractivity contribution in [3.63, 3.8) is 0 Å². The van der Waals surface area contributed by atoms with Gasteiger partial charge in [0.2, 0.25) is 0 Å². The van der Waals surface area contributed by atoms with Crippen LogP contribution in [-0.4, -0.2) is 211 Å². The number of benzene rings is 3. The summed E-state index contributed by atoms with van der Waals surface area (Å²) in [6.45, 7) is 37.3. The Kier molecular flexibility index (Phi) is 21.6. The number of hydrogen-bond acceptors (Lipinski definition) is 12. The van der Waals surface area contributed by atoms with E-state index in [1.54, 1.807) is 4.90 Å². The van der Waals surface area contributed by atoms with Crippen LogP contribution in [0.3, 0.4) is 0 Å². The molecule has 3 aliphatic heterocycles. The highest BCUT2D eigenvalue weighted by molar-refractivity contribution is 5.72. The summed E-state index contributed by atoms with van der Waals surface area (Å²) in [5.41, 5.74) is 3.57. The third-order valence-corrected chi connectivity index (χ3v) is 20.8. The Morgan fingerprint density at radius 3 is 1.34 bits per heavy atom. The lowest BCUT2D eigenvalue weighted by atomic mass is 10.0. The molecule has 9 fully saturated rings. The first-order chi connectivity index (χ1) is 41.2. The standard InChI is InChI=1S/C26H41N3O2.C21H33N3.C19H25NO3.C7H16N2/c1-19-16-28(20(2)15-27(19)6)17-26(12-13-26)18-29(24(30)31-25(3,4)5)23-14-22(23)21-10-8-7-9-11-21;1-16-13-24(17(2)12-23(16)3)15-21(9-10-21)14-22-20-11-19(20)18-7-5-4-6-8-18;1-18(2,3)23-17(22)20(12-19(13-21)9-10-19)16-11-15(16)14-7-5-4-6-8-14;1-6-5-9(3)7(2)4-8-6/h7-11,19-20,22-23H,12-18H2,1-6H3;4-8,16-17,19-20,22H,9-15H2,1-3H3;4-8,13,15-16H,9-12H2,1-3H3;6-8H,4-5H2,1-3H3/t19-,20+,22-,23+;16-,17+,19-,20?;15-,16?;6-,7+/m1110/s1. The number of piperazine rings is 3. The molecule has 482 valence electrons. The van der Waals surface area contributed by atoms with E-state index >= 15 is 0 Å². The monoisotopic (exact) mass is 1200 g/mol. The van der Waals surface area contributed by atoms with Gasteiger partial charge in [-0.3, -0.25) is 9.80 Å². The first-order valence-corrected chi connectivity index (χ1v) is 33.8. The molecular weight excluding hydrogens is 1080 g/mol. The molecule has 12 rings (SSSR count). The average Bonchev–Trinajstić information content (AvgIpc) is 1.69. The summed E-state index contributed by atoms with van der Waals surface area (Å²) in [7, 11) is 6.68. The minimum Gasteiger partial charge on any atom is -0.444 e. The minimum absolute atomic E-state index is 0.137. The molecule has 2 N–H and O–H groups in total. The molecule has 14 nitrogen and oxygen atoms in total. The Bertz CT molecular complexity index is 2670. The van der Waals surface area contributed by atoms with E-state index in [1.165, 1.54) is 81.5 Å². The molecule has 6 aliphatic carbocycles. The van der Waals surface area contributed by atoms with Crippen molar-refractivity contribution < 1.29 is 23.9 Å². The van der Waals surface area contributed by atoms with Gasteiger partial charge in [-0.1, -0.05) is 91.0 Å². The zero-order chi connectivity index (χ0) is 62.6. The van der Waals surface area contributed by atoms with Gasteiger partial charge in [-0.25, -0.2) is 9.59 Å². The predicted molar refractivity (Wildman–Crippen MR) is 354 cm³/mol. The molecule has 3 aromatic rings. The number of amides is 2. The number of carbonyl (C=O) groups excluding carboxylic acids is 3. The maximum absolute atomic E-state index is 13.3. The van der Waals surface area contributed by atoms with Gasteiger partial charge >= 0.3 is 12.2 Å². The van der Waals surface area contributed by atoms with Crippen LogP contribution in [0.15, 0.2) is 91.0 Å². The molecule has 2 unspecified atom stereocenters. The molecule has 3 aromatic carbocycles. The van der Waals surface area contributed by atoms with Crippen molar-refractivity contribution in [2.45, 2.75) is 224 Å². The van der Waals surface area contributed by atoms with Gasteiger partial charge in [0.25, 0.3) is 0 Å². The van der Waals surface area contributed by atoms with Crippen LogP contribution >= 0.6 is 0 Å². The first kappa shape index (κ1) is 67.0. The summed E-state index contributed by atoms with van der Waals surface area (Å²) in [4.78, 5) is 53.9. The quantitative estimate of drug-likeness (QED) is 0.125. The Morgan fingerprint density at radius 1 is 0.540 bits per heavy atom. The van der Waals surface area contributed by atoms with Crippen LogP contribution in [0.2, 0.25) is 0 Å². The summed E-state index contributed by atoms with van der Waals surface area (Å²) in [6, 6.07) is 37.0. The number of likely N-dealkylation sites (N-methyl/N-ethyl adjacent to an activating group) is 3. The summed E-state index contributed by atoms with van der Waals surface area (Å²) >= 11 is 0. The third kappa shape index (κ3) is 19.1. The fourth-order valence-electron chi connectivity index (χ4n) is 13.8. The summed E-state index contributed by atoms with van der Waals surface area (Å²) in [5.74, 6) is 1.54. The molecule has 14 heteroatoms. The molecule has 12 atom stereocenters. The lowest BCUT2D eigenvalue weighted by molar-refractivity contribution is -0.112. The number of ether oxygens (including phenoxy) is 2. The van der Waals surface area contributed by atoms with Crippen molar-refractivity contribution in [2.75, 3.05) is 93.1 Å². The van der Waals surface area contributed by atoms with Gasteiger partial charge in [0.05, 0.1) is 0 Å². The van der Waals surface area contributed by atoms with Crippen molar-refractivity contribution in [2.24, 2.45) is 16.2 Å². The second-order valence-electron chi connectivity index (χ2n) is 31.3. The van der Waals surface area contributed by atoms with E-state index in [1.807, 2.05) is 59.7 Å². The number of aldehydes is 1. The number of nitrogens with zero attached hydrogens (tertiary/aromatic N) is 7. The first-order valence-electron chi connectivity index (χ1n) is 33.8. The second-order valence-corrected chi connectivity index (χ2v) is 31.3. The van der Waals surface area contributed by atoms with Crippen molar-refractivity contribution in [3.05, 3.63) is 108 Å². The zero-order valence-corrected chi connectivity index (χ0v) is 56.5. The van der Waals surface area contributed by atoms with Gasteiger partial charge in [-0.05, 0) is 184 Å². The Morgan fingerprint density at radius 2 is 0.954 bits per heavy atom. The molecule has 6 saturated carbocycles. The van der Waals surface area contributed by atoms with Gasteiger partial charge < -0.3 is 49.4 Å². The van der Waals surface area contributed by atoms with Gasteiger partial charge in [0.1, 0.15) is 17.5 Å². The highest BCUT2D eigenvalue weighted by atomic mass is 16.6. The van der Waals surface area contributed by atoms with Crippen molar-refractivity contribution in [1.82, 2.24) is 44.9 Å². The number of nitrogens with one attached hydrogen (secondary N) is 2. The van der Waals surface area contributed by atoms with E-state index in [0.29, 0.717) is 66.1 Å². The van der Waals surface area contributed by atoms with Crippen LogP contribution in [0, 0.1) is 16.2 Å². The summed E-state index contributed by atoms with van der Waals surface area (Å²) < 4.78 is 11.4. The van der Waals surface area contributed by atoms with E-state index in [4.69, 9.17) is 9.47 Å². The van der Waals surface area contributed by atoms with E-state index in [-0.39, 0.29) is 35.1 Å². The SMILES string of the molecule is CC(C)(C)OC(=O)N(CC1(C=O)CC1)C1C[C@@H]1c1ccccc1.C[C@@H]1CN(CC2(CN(C(=O)OC(C)(C)C)[C@H]3C[C@@H]3c3ccccc3)CC2)[C@@H](C)CN1C.C[C@@H]1CN(CC2(CNC3C[C@@H]3c3ccccc3)CC2)[C@@H](C)CN1C.C[C@@H]1CN[C@@H](C)CN1C.